The second-order valence-electron chi connectivity index (χ2n) is 5.98. The topological polar surface area (TPSA) is 44.0 Å². The van der Waals surface area contributed by atoms with Crippen molar-refractivity contribution >= 4 is 11.3 Å². The number of thiophene rings is 1. The summed E-state index contributed by atoms with van der Waals surface area (Å²) in [5.41, 5.74) is -1.63. The van der Waals surface area contributed by atoms with Crippen molar-refractivity contribution in [3.05, 3.63) is 22.4 Å². The predicted molar refractivity (Wildman–Crippen MR) is 78.8 cm³/mol. The van der Waals surface area contributed by atoms with Gasteiger partial charge in [0.1, 0.15) is 5.60 Å². The first-order chi connectivity index (χ1) is 9.05. The summed E-state index contributed by atoms with van der Waals surface area (Å²) in [5.74, 6) is 0.741. The van der Waals surface area contributed by atoms with E-state index in [-0.39, 0.29) is 0 Å². The molecule has 0 radical (unpaired) electrons. The lowest BCUT2D eigenvalue weighted by Gasteiger charge is -2.44. The van der Waals surface area contributed by atoms with Gasteiger partial charge in [-0.1, -0.05) is 25.8 Å². The molecule has 0 spiro atoms. The molecule has 0 amide bonds. The number of nitriles is 1. The molecule has 1 atom stereocenters. The van der Waals surface area contributed by atoms with Gasteiger partial charge in [-0.15, -0.1) is 11.3 Å². The van der Waals surface area contributed by atoms with Crippen molar-refractivity contribution in [1.29, 1.82) is 5.26 Å². The molecule has 1 unspecified atom stereocenters. The quantitative estimate of drug-likeness (QED) is 0.883. The second kappa shape index (κ2) is 5.64. The van der Waals surface area contributed by atoms with Gasteiger partial charge in [0.2, 0.25) is 0 Å². The second-order valence-corrected chi connectivity index (χ2v) is 6.92. The van der Waals surface area contributed by atoms with Gasteiger partial charge in [0.05, 0.1) is 11.5 Å². The van der Waals surface area contributed by atoms with Crippen molar-refractivity contribution < 1.29 is 5.11 Å². The Hall–Kier alpha value is -0.850. The first-order valence-electron chi connectivity index (χ1n) is 7.23. The normalized spacial score (nSPS) is 30.5. The molecule has 0 saturated heterocycles. The predicted octanol–water partition coefficient (Wildman–Crippen LogP) is 4.46. The van der Waals surface area contributed by atoms with Crippen molar-refractivity contribution in [3.8, 4) is 6.07 Å². The molecule has 1 heterocycles. The first kappa shape index (κ1) is 14.6. The zero-order valence-electron chi connectivity index (χ0n) is 11.9. The first-order valence-corrected chi connectivity index (χ1v) is 8.11. The van der Waals surface area contributed by atoms with Gasteiger partial charge in [-0.3, -0.25) is 0 Å². The Morgan fingerprint density at radius 3 is 2.68 bits per heavy atom. The lowest BCUT2D eigenvalue weighted by molar-refractivity contribution is -0.0672. The van der Waals surface area contributed by atoms with Crippen molar-refractivity contribution in [2.45, 2.75) is 58.0 Å². The van der Waals surface area contributed by atoms with Crippen LogP contribution in [0.2, 0.25) is 0 Å². The molecule has 0 aromatic carbocycles. The van der Waals surface area contributed by atoms with Gasteiger partial charge in [0.25, 0.3) is 0 Å². The van der Waals surface area contributed by atoms with Crippen LogP contribution in [0.5, 0.6) is 0 Å². The lowest BCUT2D eigenvalue weighted by Crippen LogP contribution is -2.44. The number of hydrogen-bond acceptors (Lipinski definition) is 3. The molecule has 3 heteroatoms. The van der Waals surface area contributed by atoms with E-state index in [0.29, 0.717) is 0 Å². The molecule has 1 aliphatic rings. The summed E-state index contributed by atoms with van der Waals surface area (Å²) < 4.78 is 0. The highest BCUT2D eigenvalue weighted by Crippen LogP contribution is 2.52. The zero-order valence-corrected chi connectivity index (χ0v) is 12.7. The van der Waals surface area contributed by atoms with E-state index in [1.54, 1.807) is 11.3 Å². The van der Waals surface area contributed by atoms with Crippen LogP contribution in [0.4, 0.5) is 0 Å². The Morgan fingerprint density at radius 1 is 1.53 bits per heavy atom. The summed E-state index contributed by atoms with van der Waals surface area (Å²) in [4.78, 5) is 0.919. The molecule has 1 aliphatic carbocycles. The maximum atomic E-state index is 11.0. The lowest BCUT2D eigenvalue weighted by atomic mass is 9.62. The zero-order chi connectivity index (χ0) is 13.9. The monoisotopic (exact) mass is 277 g/mol. The van der Waals surface area contributed by atoms with E-state index < -0.39 is 11.0 Å². The summed E-state index contributed by atoms with van der Waals surface area (Å²) in [6.07, 6.45) is 6.25. The minimum Gasteiger partial charge on any atom is -0.383 e. The van der Waals surface area contributed by atoms with Gasteiger partial charge in [-0.2, -0.15) is 5.26 Å². The van der Waals surface area contributed by atoms with Crippen LogP contribution in [0.3, 0.4) is 0 Å². The maximum Gasteiger partial charge on any atom is 0.114 e. The van der Waals surface area contributed by atoms with Crippen LogP contribution in [0, 0.1) is 22.7 Å². The van der Waals surface area contributed by atoms with Gasteiger partial charge < -0.3 is 5.11 Å². The Balaban J connectivity index is 2.19. The van der Waals surface area contributed by atoms with E-state index >= 15 is 0 Å². The SMILES string of the molecule is CCCC1CCC(C#N)(C(C)(O)c2cccs2)CC1. The van der Waals surface area contributed by atoms with Crippen molar-refractivity contribution in [1.82, 2.24) is 0 Å². The summed E-state index contributed by atoms with van der Waals surface area (Å²) >= 11 is 1.55. The van der Waals surface area contributed by atoms with E-state index in [1.165, 1.54) is 12.8 Å². The van der Waals surface area contributed by atoms with Gasteiger partial charge >= 0.3 is 0 Å². The van der Waals surface area contributed by atoms with E-state index in [0.717, 1.165) is 36.5 Å². The van der Waals surface area contributed by atoms with Gasteiger partial charge in [-0.25, -0.2) is 0 Å². The summed E-state index contributed by atoms with van der Waals surface area (Å²) in [5, 5.41) is 22.6. The molecule has 104 valence electrons. The van der Waals surface area contributed by atoms with E-state index in [4.69, 9.17) is 0 Å². The number of nitrogens with zero attached hydrogens (tertiary/aromatic N) is 1. The minimum atomic E-state index is -1.02. The number of rotatable bonds is 4. The molecule has 0 bridgehead atoms. The van der Waals surface area contributed by atoms with Gasteiger partial charge in [-0.05, 0) is 50.0 Å². The maximum absolute atomic E-state index is 11.0. The largest absolute Gasteiger partial charge is 0.383 e. The Bertz CT molecular complexity index is 436. The highest BCUT2D eigenvalue weighted by atomic mass is 32.1. The average molecular weight is 277 g/mol. The molecule has 19 heavy (non-hydrogen) atoms. The molecule has 2 nitrogen and oxygen atoms in total. The average Bonchev–Trinajstić information content (AvgIpc) is 2.94. The Morgan fingerprint density at radius 2 is 2.21 bits per heavy atom. The summed E-state index contributed by atoms with van der Waals surface area (Å²) in [6.45, 7) is 4.04. The van der Waals surface area contributed by atoms with Gasteiger partial charge in [0.15, 0.2) is 0 Å². The highest BCUT2D eigenvalue weighted by Gasteiger charge is 2.50. The van der Waals surface area contributed by atoms with E-state index in [2.05, 4.69) is 13.0 Å². The standard InChI is InChI=1S/C16H23NOS/c1-3-5-13-7-9-16(12-17,10-8-13)15(2,18)14-6-4-11-19-14/h4,6,11,13,18H,3,5,7-10H2,1-2H3. The van der Waals surface area contributed by atoms with Crippen LogP contribution in [0.25, 0.3) is 0 Å². The Labute approximate surface area is 120 Å². The van der Waals surface area contributed by atoms with Crippen LogP contribution >= 0.6 is 11.3 Å². The fourth-order valence-electron chi connectivity index (χ4n) is 3.37. The molecule has 1 fully saturated rings. The fourth-order valence-corrected chi connectivity index (χ4v) is 4.25. The van der Waals surface area contributed by atoms with Crippen LogP contribution < -0.4 is 0 Å². The van der Waals surface area contributed by atoms with Crippen molar-refractivity contribution in [3.63, 3.8) is 0 Å². The summed E-state index contributed by atoms with van der Waals surface area (Å²) in [7, 11) is 0. The molecule has 0 aliphatic heterocycles. The highest BCUT2D eigenvalue weighted by molar-refractivity contribution is 7.10. The molecule has 2 rings (SSSR count). The molecule has 1 N–H and O–H groups in total. The van der Waals surface area contributed by atoms with E-state index in [9.17, 15) is 10.4 Å². The molecule has 1 saturated carbocycles. The molecule has 1 aromatic rings. The third-order valence-electron chi connectivity index (χ3n) is 4.80. The molecular formula is C16H23NOS. The third kappa shape index (κ3) is 2.57. The number of hydrogen-bond donors (Lipinski definition) is 1. The molecule has 1 aromatic heterocycles. The van der Waals surface area contributed by atoms with Crippen LogP contribution in [0.1, 0.15) is 57.2 Å². The smallest absolute Gasteiger partial charge is 0.114 e. The van der Waals surface area contributed by atoms with E-state index in [1.807, 2.05) is 24.4 Å². The number of aliphatic hydroxyl groups is 1. The van der Waals surface area contributed by atoms with Crippen LogP contribution in [0.15, 0.2) is 17.5 Å². The fraction of sp³-hybridized carbons (Fsp3) is 0.688. The summed E-state index contributed by atoms with van der Waals surface area (Å²) in [6, 6.07) is 6.36. The Kier molecular flexibility index (Phi) is 4.32. The minimum absolute atomic E-state index is 0.609. The van der Waals surface area contributed by atoms with Crippen LogP contribution in [-0.4, -0.2) is 5.11 Å². The molecular weight excluding hydrogens is 254 g/mol. The van der Waals surface area contributed by atoms with Crippen LogP contribution in [-0.2, 0) is 5.60 Å². The van der Waals surface area contributed by atoms with Crippen molar-refractivity contribution in [2.75, 3.05) is 0 Å². The van der Waals surface area contributed by atoms with Gasteiger partial charge in [0, 0.05) is 4.88 Å². The van der Waals surface area contributed by atoms with Crippen molar-refractivity contribution in [2.24, 2.45) is 11.3 Å². The third-order valence-corrected chi connectivity index (χ3v) is 5.88.